The van der Waals surface area contributed by atoms with Crippen LogP contribution in [0.4, 0.5) is 0 Å². The van der Waals surface area contributed by atoms with Gasteiger partial charge >= 0.3 is 0 Å². The van der Waals surface area contributed by atoms with Gasteiger partial charge in [-0.05, 0) is 31.4 Å². The molecule has 0 aliphatic carbocycles. The first-order valence-corrected chi connectivity index (χ1v) is 7.84. The first-order valence-electron chi connectivity index (χ1n) is 7.84. The zero-order valence-corrected chi connectivity index (χ0v) is 12.4. The van der Waals surface area contributed by atoms with Crippen LogP contribution in [0, 0.1) is 0 Å². The molecule has 1 N–H and O–H groups in total. The zero-order chi connectivity index (χ0) is 13.5. The van der Waals surface area contributed by atoms with E-state index in [-0.39, 0.29) is 0 Å². The van der Waals surface area contributed by atoms with Gasteiger partial charge in [0.15, 0.2) is 0 Å². The largest absolute Gasteiger partial charge is 0.493 e. The SMILES string of the molecule is CCCCCC(NCC)c1cccc2c1OCCC2. The van der Waals surface area contributed by atoms with Crippen molar-refractivity contribution in [1.29, 1.82) is 0 Å². The second kappa shape index (κ2) is 7.54. The molecule has 0 saturated carbocycles. The third-order valence-electron chi connectivity index (χ3n) is 3.89. The number of nitrogens with one attached hydrogen (secondary N) is 1. The van der Waals surface area contributed by atoms with E-state index in [0.29, 0.717) is 6.04 Å². The van der Waals surface area contributed by atoms with Gasteiger partial charge in [-0.2, -0.15) is 0 Å². The first kappa shape index (κ1) is 14.4. The number of benzene rings is 1. The Hall–Kier alpha value is -1.02. The fourth-order valence-electron chi connectivity index (χ4n) is 2.90. The average Bonchev–Trinajstić information content (AvgIpc) is 2.46. The highest BCUT2D eigenvalue weighted by Crippen LogP contribution is 2.34. The fourth-order valence-corrected chi connectivity index (χ4v) is 2.90. The molecule has 0 amide bonds. The fraction of sp³-hybridized carbons (Fsp3) is 0.647. The Balaban J connectivity index is 2.15. The van der Waals surface area contributed by atoms with Gasteiger partial charge in [0.05, 0.1) is 6.61 Å². The lowest BCUT2D eigenvalue weighted by Crippen LogP contribution is -2.23. The molecule has 0 spiro atoms. The van der Waals surface area contributed by atoms with Crippen molar-refractivity contribution in [3.8, 4) is 5.75 Å². The van der Waals surface area contributed by atoms with E-state index in [2.05, 4.69) is 37.4 Å². The van der Waals surface area contributed by atoms with Crippen LogP contribution in [-0.2, 0) is 6.42 Å². The molecule has 1 aromatic carbocycles. The van der Waals surface area contributed by atoms with Crippen LogP contribution in [0.3, 0.4) is 0 Å². The molecular formula is C17H27NO. The maximum Gasteiger partial charge on any atom is 0.127 e. The number of hydrogen-bond donors (Lipinski definition) is 1. The maximum absolute atomic E-state index is 5.95. The van der Waals surface area contributed by atoms with E-state index in [4.69, 9.17) is 4.74 Å². The van der Waals surface area contributed by atoms with Crippen molar-refractivity contribution >= 4 is 0 Å². The van der Waals surface area contributed by atoms with Crippen LogP contribution in [0.2, 0.25) is 0 Å². The summed E-state index contributed by atoms with van der Waals surface area (Å²) in [5.74, 6) is 1.16. The Labute approximate surface area is 117 Å². The predicted molar refractivity (Wildman–Crippen MR) is 80.8 cm³/mol. The van der Waals surface area contributed by atoms with Crippen molar-refractivity contribution in [2.24, 2.45) is 0 Å². The minimum absolute atomic E-state index is 0.449. The number of ether oxygens (including phenoxy) is 1. The quantitative estimate of drug-likeness (QED) is 0.741. The Morgan fingerprint density at radius 3 is 2.95 bits per heavy atom. The summed E-state index contributed by atoms with van der Waals surface area (Å²) in [6.45, 7) is 6.33. The van der Waals surface area contributed by atoms with Crippen LogP contribution in [0.5, 0.6) is 5.75 Å². The van der Waals surface area contributed by atoms with Crippen molar-refractivity contribution in [2.75, 3.05) is 13.2 Å². The lowest BCUT2D eigenvalue weighted by atomic mass is 9.95. The van der Waals surface area contributed by atoms with Gasteiger partial charge in [-0.3, -0.25) is 0 Å². The molecule has 2 nitrogen and oxygen atoms in total. The van der Waals surface area contributed by atoms with Gasteiger partial charge in [0, 0.05) is 11.6 Å². The van der Waals surface area contributed by atoms with E-state index in [1.54, 1.807) is 0 Å². The Bertz CT molecular complexity index is 389. The lowest BCUT2D eigenvalue weighted by Gasteiger charge is -2.25. The molecule has 0 saturated heterocycles. The van der Waals surface area contributed by atoms with E-state index >= 15 is 0 Å². The number of rotatable bonds is 7. The molecule has 1 aromatic rings. The molecule has 0 fully saturated rings. The molecule has 1 heterocycles. The Morgan fingerprint density at radius 2 is 2.16 bits per heavy atom. The number of aryl methyl sites for hydroxylation is 1. The minimum atomic E-state index is 0.449. The maximum atomic E-state index is 5.95. The van der Waals surface area contributed by atoms with E-state index in [0.717, 1.165) is 31.7 Å². The van der Waals surface area contributed by atoms with Crippen LogP contribution in [0.1, 0.15) is 63.1 Å². The molecular weight excluding hydrogens is 234 g/mol. The van der Waals surface area contributed by atoms with Gasteiger partial charge in [-0.15, -0.1) is 0 Å². The van der Waals surface area contributed by atoms with E-state index in [1.807, 2.05) is 0 Å². The lowest BCUT2D eigenvalue weighted by molar-refractivity contribution is 0.280. The molecule has 1 unspecified atom stereocenters. The molecule has 1 aliphatic rings. The van der Waals surface area contributed by atoms with Crippen molar-refractivity contribution in [1.82, 2.24) is 5.32 Å². The third kappa shape index (κ3) is 3.73. The Kier molecular flexibility index (Phi) is 5.71. The van der Waals surface area contributed by atoms with E-state index in [1.165, 1.54) is 36.8 Å². The Morgan fingerprint density at radius 1 is 1.26 bits per heavy atom. The summed E-state index contributed by atoms with van der Waals surface area (Å²) in [7, 11) is 0. The smallest absolute Gasteiger partial charge is 0.127 e. The van der Waals surface area contributed by atoms with Gasteiger partial charge in [-0.1, -0.05) is 51.3 Å². The summed E-state index contributed by atoms with van der Waals surface area (Å²) in [6.07, 6.45) is 7.41. The van der Waals surface area contributed by atoms with Crippen molar-refractivity contribution in [2.45, 2.75) is 58.4 Å². The van der Waals surface area contributed by atoms with Crippen molar-refractivity contribution < 1.29 is 4.74 Å². The molecule has 0 aromatic heterocycles. The van der Waals surface area contributed by atoms with E-state index in [9.17, 15) is 0 Å². The average molecular weight is 261 g/mol. The summed E-state index contributed by atoms with van der Waals surface area (Å²) in [6, 6.07) is 7.09. The molecule has 1 atom stereocenters. The molecule has 0 radical (unpaired) electrons. The number of unbranched alkanes of at least 4 members (excludes halogenated alkanes) is 2. The van der Waals surface area contributed by atoms with Crippen molar-refractivity contribution in [3.05, 3.63) is 29.3 Å². The molecule has 2 rings (SSSR count). The first-order chi connectivity index (χ1) is 9.36. The van der Waals surface area contributed by atoms with Crippen LogP contribution < -0.4 is 10.1 Å². The molecule has 2 heteroatoms. The second-order valence-electron chi connectivity index (χ2n) is 5.39. The summed E-state index contributed by atoms with van der Waals surface area (Å²) in [5.41, 5.74) is 2.76. The van der Waals surface area contributed by atoms with Gasteiger partial charge in [0.25, 0.3) is 0 Å². The normalized spacial score (nSPS) is 15.7. The predicted octanol–water partition coefficient (Wildman–Crippen LogP) is 4.24. The van der Waals surface area contributed by atoms with Gasteiger partial charge < -0.3 is 10.1 Å². The van der Waals surface area contributed by atoms with Crippen LogP contribution in [0.15, 0.2) is 18.2 Å². The van der Waals surface area contributed by atoms with Crippen LogP contribution >= 0.6 is 0 Å². The molecule has 0 bridgehead atoms. The monoisotopic (exact) mass is 261 g/mol. The molecule has 106 valence electrons. The topological polar surface area (TPSA) is 21.3 Å². The zero-order valence-electron chi connectivity index (χ0n) is 12.4. The second-order valence-corrected chi connectivity index (χ2v) is 5.39. The minimum Gasteiger partial charge on any atom is -0.493 e. The van der Waals surface area contributed by atoms with Crippen LogP contribution in [0.25, 0.3) is 0 Å². The molecule has 19 heavy (non-hydrogen) atoms. The number of para-hydroxylation sites is 1. The van der Waals surface area contributed by atoms with Gasteiger partial charge in [-0.25, -0.2) is 0 Å². The van der Waals surface area contributed by atoms with Gasteiger partial charge in [0.1, 0.15) is 5.75 Å². The summed E-state index contributed by atoms with van der Waals surface area (Å²) >= 11 is 0. The summed E-state index contributed by atoms with van der Waals surface area (Å²) < 4.78 is 5.95. The number of hydrogen-bond acceptors (Lipinski definition) is 2. The van der Waals surface area contributed by atoms with E-state index < -0.39 is 0 Å². The summed E-state index contributed by atoms with van der Waals surface area (Å²) in [5, 5.41) is 3.63. The molecule has 1 aliphatic heterocycles. The van der Waals surface area contributed by atoms with Crippen molar-refractivity contribution in [3.63, 3.8) is 0 Å². The van der Waals surface area contributed by atoms with Gasteiger partial charge in [0.2, 0.25) is 0 Å². The standard InChI is InChI=1S/C17H27NO/c1-3-5-6-12-16(18-4-2)15-11-7-9-14-10-8-13-19-17(14)15/h7,9,11,16,18H,3-6,8,10,12-13H2,1-2H3. The highest BCUT2D eigenvalue weighted by atomic mass is 16.5. The number of fused-ring (bicyclic) bond motifs is 1. The third-order valence-corrected chi connectivity index (χ3v) is 3.89. The summed E-state index contributed by atoms with van der Waals surface area (Å²) in [4.78, 5) is 0. The highest BCUT2D eigenvalue weighted by molar-refractivity contribution is 5.44. The highest BCUT2D eigenvalue weighted by Gasteiger charge is 2.20. The van der Waals surface area contributed by atoms with Crippen LogP contribution in [-0.4, -0.2) is 13.2 Å².